The highest BCUT2D eigenvalue weighted by atomic mass is 19.1. The SMILES string of the molecule is CCCNCc1cc(OC)c(OCCF)c(OC)c1. The van der Waals surface area contributed by atoms with Gasteiger partial charge in [-0.3, -0.25) is 0 Å². The lowest BCUT2D eigenvalue weighted by Gasteiger charge is -2.15. The molecular formula is C14H22FNO3. The van der Waals surface area contributed by atoms with Crippen molar-refractivity contribution in [3.05, 3.63) is 17.7 Å². The van der Waals surface area contributed by atoms with E-state index in [1.807, 2.05) is 12.1 Å². The first kappa shape index (κ1) is 15.6. The molecule has 0 aromatic heterocycles. The van der Waals surface area contributed by atoms with Crippen molar-refractivity contribution in [2.45, 2.75) is 19.9 Å². The number of rotatable bonds is 9. The lowest BCUT2D eigenvalue weighted by molar-refractivity contribution is 0.247. The lowest BCUT2D eigenvalue weighted by Crippen LogP contribution is -2.14. The summed E-state index contributed by atoms with van der Waals surface area (Å²) in [6, 6.07) is 3.75. The molecule has 0 aliphatic carbocycles. The molecule has 1 aromatic rings. The van der Waals surface area contributed by atoms with Crippen molar-refractivity contribution in [3.63, 3.8) is 0 Å². The predicted molar refractivity (Wildman–Crippen MR) is 73.0 cm³/mol. The molecule has 0 aliphatic rings. The molecule has 0 radical (unpaired) electrons. The first-order valence-electron chi connectivity index (χ1n) is 6.41. The second-order valence-corrected chi connectivity index (χ2v) is 4.04. The second kappa shape index (κ2) is 8.58. The van der Waals surface area contributed by atoms with Gasteiger partial charge in [0.2, 0.25) is 5.75 Å². The molecule has 0 aliphatic heterocycles. The molecule has 1 N–H and O–H groups in total. The summed E-state index contributed by atoms with van der Waals surface area (Å²) in [5.41, 5.74) is 1.04. The molecule has 0 saturated carbocycles. The van der Waals surface area contributed by atoms with Crippen LogP contribution >= 0.6 is 0 Å². The van der Waals surface area contributed by atoms with E-state index in [0.717, 1.165) is 25.1 Å². The van der Waals surface area contributed by atoms with Gasteiger partial charge in [0.05, 0.1) is 14.2 Å². The van der Waals surface area contributed by atoms with Crippen molar-refractivity contribution in [2.75, 3.05) is 34.0 Å². The van der Waals surface area contributed by atoms with Crippen LogP contribution in [0.25, 0.3) is 0 Å². The molecule has 0 spiro atoms. The highest BCUT2D eigenvalue weighted by molar-refractivity contribution is 5.53. The number of halogens is 1. The average molecular weight is 271 g/mol. The largest absolute Gasteiger partial charge is 0.493 e. The van der Waals surface area contributed by atoms with Gasteiger partial charge in [-0.25, -0.2) is 4.39 Å². The summed E-state index contributed by atoms with van der Waals surface area (Å²) >= 11 is 0. The molecule has 0 bridgehead atoms. The van der Waals surface area contributed by atoms with E-state index in [0.29, 0.717) is 17.2 Å². The van der Waals surface area contributed by atoms with Gasteiger partial charge in [0.25, 0.3) is 0 Å². The minimum Gasteiger partial charge on any atom is -0.493 e. The van der Waals surface area contributed by atoms with Gasteiger partial charge < -0.3 is 19.5 Å². The number of benzene rings is 1. The van der Waals surface area contributed by atoms with Crippen molar-refractivity contribution in [1.29, 1.82) is 0 Å². The Labute approximate surface area is 113 Å². The van der Waals surface area contributed by atoms with Crippen LogP contribution in [0.2, 0.25) is 0 Å². The van der Waals surface area contributed by atoms with E-state index in [-0.39, 0.29) is 6.61 Å². The Morgan fingerprint density at radius 2 is 1.79 bits per heavy atom. The third kappa shape index (κ3) is 4.59. The molecule has 0 unspecified atom stereocenters. The number of alkyl halides is 1. The van der Waals surface area contributed by atoms with Crippen LogP contribution in [-0.4, -0.2) is 34.0 Å². The Morgan fingerprint density at radius 1 is 1.16 bits per heavy atom. The van der Waals surface area contributed by atoms with Crippen LogP contribution in [0, 0.1) is 0 Å². The number of ether oxygens (including phenoxy) is 3. The van der Waals surface area contributed by atoms with Gasteiger partial charge in [0, 0.05) is 6.54 Å². The maximum absolute atomic E-state index is 12.2. The van der Waals surface area contributed by atoms with Crippen LogP contribution < -0.4 is 19.5 Å². The van der Waals surface area contributed by atoms with Gasteiger partial charge in [-0.15, -0.1) is 0 Å². The Bertz CT molecular complexity index is 360. The molecule has 5 heteroatoms. The standard InChI is InChI=1S/C14H22FNO3/c1-4-6-16-10-11-8-12(17-2)14(19-7-5-15)13(9-11)18-3/h8-9,16H,4-7,10H2,1-3H3. The van der Waals surface area contributed by atoms with Crippen molar-refractivity contribution in [1.82, 2.24) is 5.32 Å². The Hall–Kier alpha value is -1.49. The summed E-state index contributed by atoms with van der Waals surface area (Å²) in [5, 5.41) is 3.30. The maximum Gasteiger partial charge on any atom is 0.203 e. The van der Waals surface area contributed by atoms with Gasteiger partial charge in [0.15, 0.2) is 11.5 Å². The van der Waals surface area contributed by atoms with Gasteiger partial charge in [0.1, 0.15) is 13.3 Å². The monoisotopic (exact) mass is 271 g/mol. The third-order valence-electron chi connectivity index (χ3n) is 2.60. The summed E-state index contributed by atoms with van der Waals surface area (Å²) in [4.78, 5) is 0. The molecule has 0 fully saturated rings. The molecule has 19 heavy (non-hydrogen) atoms. The normalized spacial score (nSPS) is 10.3. The van der Waals surface area contributed by atoms with E-state index in [4.69, 9.17) is 14.2 Å². The zero-order valence-corrected chi connectivity index (χ0v) is 11.8. The molecule has 0 saturated heterocycles. The van der Waals surface area contributed by atoms with E-state index in [2.05, 4.69) is 12.2 Å². The molecular weight excluding hydrogens is 249 g/mol. The number of methoxy groups -OCH3 is 2. The van der Waals surface area contributed by atoms with E-state index in [1.54, 1.807) is 14.2 Å². The fourth-order valence-corrected chi connectivity index (χ4v) is 1.73. The average Bonchev–Trinajstić information content (AvgIpc) is 2.45. The van der Waals surface area contributed by atoms with Crippen LogP contribution in [0.3, 0.4) is 0 Å². The summed E-state index contributed by atoms with van der Waals surface area (Å²) in [6.45, 7) is 3.23. The molecule has 1 aromatic carbocycles. The molecule has 0 atom stereocenters. The highest BCUT2D eigenvalue weighted by Crippen LogP contribution is 2.38. The van der Waals surface area contributed by atoms with E-state index >= 15 is 0 Å². The number of hydrogen-bond donors (Lipinski definition) is 1. The zero-order valence-electron chi connectivity index (χ0n) is 11.8. The lowest BCUT2D eigenvalue weighted by atomic mass is 10.1. The number of hydrogen-bond acceptors (Lipinski definition) is 4. The Morgan fingerprint density at radius 3 is 2.26 bits per heavy atom. The van der Waals surface area contributed by atoms with E-state index in [1.165, 1.54) is 0 Å². The van der Waals surface area contributed by atoms with E-state index < -0.39 is 6.67 Å². The van der Waals surface area contributed by atoms with Crippen LogP contribution in [0.5, 0.6) is 17.2 Å². The van der Waals surface area contributed by atoms with Crippen LogP contribution in [-0.2, 0) is 6.54 Å². The molecule has 108 valence electrons. The van der Waals surface area contributed by atoms with Gasteiger partial charge in [-0.2, -0.15) is 0 Å². The fourth-order valence-electron chi connectivity index (χ4n) is 1.73. The molecule has 4 nitrogen and oxygen atoms in total. The Balaban J connectivity index is 2.91. The first-order valence-corrected chi connectivity index (χ1v) is 6.41. The van der Waals surface area contributed by atoms with Crippen molar-refractivity contribution in [3.8, 4) is 17.2 Å². The smallest absolute Gasteiger partial charge is 0.203 e. The second-order valence-electron chi connectivity index (χ2n) is 4.04. The predicted octanol–water partition coefficient (Wildman–Crippen LogP) is 2.55. The van der Waals surface area contributed by atoms with Crippen LogP contribution in [0.15, 0.2) is 12.1 Å². The quantitative estimate of drug-likeness (QED) is 0.701. The van der Waals surface area contributed by atoms with Crippen molar-refractivity contribution >= 4 is 0 Å². The van der Waals surface area contributed by atoms with E-state index in [9.17, 15) is 4.39 Å². The zero-order chi connectivity index (χ0) is 14.1. The van der Waals surface area contributed by atoms with Gasteiger partial charge in [-0.05, 0) is 30.7 Å². The summed E-state index contributed by atoms with van der Waals surface area (Å²) < 4.78 is 28.1. The molecule has 0 amide bonds. The van der Waals surface area contributed by atoms with Crippen LogP contribution in [0.1, 0.15) is 18.9 Å². The number of nitrogens with one attached hydrogen (secondary N) is 1. The summed E-state index contributed by atoms with van der Waals surface area (Å²) in [5.74, 6) is 1.56. The first-order chi connectivity index (χ1) is 9.26. The summed E-state index contributed by atoms with van der Waals surface area (Å²) in [6.07, 6.45) is 1.08. The fraction of sp³-hybridized carbons (Fsp3) is 0.571. The molecule has 0 heterocycles. The van der Waals surface area contributed by atoms with Crippen LogP contribution in [0.4, 0.5) is 4.39 Å². The maximum atomic E-state index is 12.2. The topological polar surface area (TPSA) is 39.7 Å². The van der Waals surface area contributed by atoms with Crippen molar-refractivity contribution < 1.29 is 18.6 Å². The van der Waals surface area contributed by atoms with Crippen molar-refractivity contribution in [2.24, 2.45) is 0 Å². The van der Waals surface area contributed by atoms with Gasteiger partial charge >= 0.3 is 0 Å². The molecule has 1 rings (SSSR count). The third-order valence-corrected chi connectivity index (χ3v) is 2.60. The minimum absolute atomic E-state index is 0.0137. The summed E-state index contributed by atoms with van der Waals surface area (Å²) in [7, 11) is 3.11. The Kier molecular flexibility index (Phi) is 7.03. The van der Waals surface area contributed by atoms with Gasteiger partial charge in [-0.1, -0.05) is 6.92 Å². The highest BCUT2D eigenvalue weighted by Gasteiger charge is 2.14. The minimum atomic E-state index is -0.549.